The standard InChI is InChI=1S/C24H24N4O3S/c1-16-13-20(18(3)28(16)22-9-11-23(12-10-22)32(26,30)31)14-21(15-25)24(29)27-17(2)19-7-5-4-6-8-19/h4-14,17H,1-3H3,(H,27,29)(H2,26,30,31)/b21-14-/t17-/m1/s1. The highest BCUT2D eigenvalue weighted by Gasteiger charge is 2.16. The molecule has 1 aromatic heterocycles. The van der Waals surface area contributed by atoms with E-state index in [-0.39, 0.29) is 16.5 Å². The summed E-state index contributed by atoms with van der Waals surface area (Å²) in [6.45, 7) is 5.62. The van der Waals surface area contributed by atoms with Gasteiger partial charge >= 0.3 is 0 Å². The Morgan fingerprint density at radius 3 is 2.31 bits per heavy atom. The summed E-state index contributed by atoms with van der Waals surface area (Å²) in [6, 6.07) is 19.3. The number of nitrogens with zero attached hydrogens (tertiary/aromatic N) is 2. The molecule has 0 aliphatic carbocycles. The van der Waals surface area contributed by atoms with Crippen LogP contribution in [0.3, 0.4) is 0 Å². The number of aryl methyl sites for hydroxylation is 1. The van der Waals surface area contributed by atoms with Crippen molar-refractivity contribution >= 4 is 22.0 Å². The van der Waals surface area contributed by atoms with Gasteiger partial charge in [-0.2, -0.15) is 5.26 Å². The van der Waals surface area contributed by atoms with Crippen LogP contribution in [0.4, 0.5) is 0 Å². The van der Waals surface area contributed by atoms with Crippen LogP contribution < -0.4 is 10.5 Å². The molecule has 3 rings (SSSR count). The molecular formula is C24H24N4O3S. The van der Waals surface area contributed by atoms with Crippen LogP contribution in [-0.4, -0.2) is 18.9 Å². The van der Waals surface area contributed by atoms with Gasteiger partial charge in [-0.25, -0.2) is 13.6 Å². The van der Waals surface area contributed by atoms with E-state index in [2.05, 4.69) is 5.32 Å². The largest absolute Gasteiger partial charge is 0.345 e. The summed E-state index contributed by atoms with van der Waals surface area (Å²) in [7, 11) is -3.78. The van der Waals surface area contributed by atoms with E-state index in [4.69, 9.17) is 5.14 Å². The van der Waals surface area contributed by atoms with E-state index in [0.29, 0.717) is 0 Å². The van der Waals surface area contributed by atoms with Gasteiger partial charge in [-0.15, -0.1) is 0 Å². The third kappa shape index (κ3) is 4.97. The number of aromatic nitrogens is 1. The van der Waals surface area contributed by atoms with E-state index < -0.39 is 15.9 Å². The summed E-state index contributed by atoms with van der Waals surface area (Å²) in [5.74, 6) is -0.453. The number of primary sulfonamides is 1. The Morgan fingerprint density at radius 2 is 1.75 bits per heavy atom. The van der Waals surface area contributed by atoms with Crippen molar-refractivity contribution < 1.29 is 13.2 Å². The molecule has 1 heterocycles. The van der Waals surface area contributed by atoms with Crippen molar-refractivity contribution in [3.05, 3.63) is 88.8 Å². The molecule has 0 unspecified atom stereocenters. The highest BCUT2D eigenvalue weighted by atomic mass is 32.2. The highest BCUT2D eigenvalue weighted by Crippen LogP contribution is 2.24. The Hall–Kier alpha value is -3.67. The second kappa shape index (κ2) is 9.22. The molecule has 1 atom stereocenters. The fourth-order valence-electron chi connectivity index (χ4n) is 3.52. The van der Waals surface area contributed by atoms with Crippen LogP contribution in [0.2, 0.25) is 0 Å². The van der Waals surface area contributed by atoms with Gasteiger partial charge in [0, 0.05) is 17.1 Å². The molecule has 8 heteroatoms. The van der Waals surface area contributed by atoms with Crippen molar-refractivity contribution in [1.29, 1.82) is 5.26 Å². The Balaban J connectivity index is 1.89. The molecule has 0 aliphatic rings. The lowest BCUT2D eigenvalue weighted by atomic mass is 10.1. The first-order valence-electron chi connectivity index (χ1n) is 9.91. The smallest absolute Gasteiger partial charge is 0.262 e. The average molecular weight is 449 g/mol. The van der Waals surface area contributed by atoms with Crippen molar-refractivity contribution in [2.75, 3.05) is 0 Å². The number of rotatable bonds is 6. The lowest BCUT2D eigenvalue weighted by Crippen LogP contribution is -2.27. The summed E-state index contributed by atoms with van der Waals surface area (Å²) in [4.78, 5) is 12.7. The summed E-state index contributed by atoms with van der Waals surface area (Å²) in [5, 5.41) is 17.6. The summed E-state index contributed by atoms with van der Waals surface area (Å²) < 4.78 is 24.9. The number of hydrogen-bond acceptors (Lipinski definition) is 4. The number of sulfonamides is 1. The molecule has 2 aromatic carbocycles. The van der Waals surface area contributed by atoms with Crippen molar-refractivity contribution in [2.24, 2.45) is 5.14 Å². The average Bonchev–Trinajstić information content (AvgIpc) is 3.04. The van der Waals surface area contributed by atoms with E-state index >= 15 is 0 Å². The SMILES string of the molecule is Cc1cc(/C=C(/C#N)C(=O)N[C@H](C)c2ccccc2)c(C)n1-c1ccc(S(N)(=O)=O)cc1. The third-order valence-corrected chi connectivity index (χ3v) is 6.14. The quantitative estimate of drug-likeness (QED) is 0.443. The van der Waals surface area contributed by atoms with Crippen LogP contribution in [0, 0.1) is 25.2 Å². The molecule has 0 fully saturated rings. The first-order valence-corrected chi connectivity index (χ1v) is 11.5. The third-order valence-electron chi connectivity index (χ3n) is 5.21. The monoisotopic (exact) mass is 448 g/mol. The normalized spacial score (nSPS) is 12.8. The Kier molecular flexibility index (Phi) is 6.63. The Labute approximate surface area is 187 Å². The number of benzene rings is 2. The second-order valence-corrected chi connectivity index (χ2v) is 9.04. The van der Waals surface area contributed by atoms with E-state index in [0.717, 1.165) is 28.2 Å². The first-order chi connectivity index (χ1) is 15.1. The van der Waals surface area contributed by atoms with E-state index in [1.807, 2.05) is 67.8 Å². The highest BCUT2D eigenvalue weighted by molar-refractivity contribution is 7.89. The molecule has 3 aromatic rings. The predicted octanol–water partition coefficient (Wildman–Crippen LogP) is 3.53. The van der Waals surface area contributed by atoms with Gasteiger partial charge in [-0.1, -0.05) is 30.3 Å². The Bertz CT molecular complexity index is 1320. The van der Waals surface area contributed by atoms with E-state index in [1.54, 1.807) is 18.2 Å². The predicted molar refractivity (Wildman–Crippen MR) is 123 cm³/mol. The van der Waals surface area contributed by atoms with Gasteiger partial charge in [-0.05, 0) is 68.3 Å². The van der Waals surface area contributed by atoms with Gasteiger partial charge in [0.2, 0.25) is 10.0 Å². The molecule has 32 heavy (non-hydrogen) atoms. The summed E-state index contributed by atoms with van der Waals surface area (Å²) in [6.07, 6.45) is 1.56. The molecule has 0 radical (unpaired) electrons. The fraction of sp³-hybridized carbons (Fsp3) is 0.167. The lowest BCUT2D eigenvalue weighted by Gasteiger charge is -2.13. The topological polar surface area (TPSA) is 118 Å². The zero-order valence-corrected chi connectivity index (χ0v) is 18.8. The lowest BCUT2D eigenvalue weighted by molar-refractivity contribution is -0.117. The van der Waals surface area contributed by atoms with Gasteiger partial charge in [0.1, 0.15) is 11.6 Å². The zero-order valence-electron chi connectivity index (χ0n) is 18.0. The molecule has 1 amide bonds. The first kappa shape index (κ1) is 23.0. The molecule has 0 saturated carbocycles. The molecule has 0 spiro atoms. The van der Waals surface area contributed by atoms with Crippen LogP contribution >= 0.6 is 0 Å². The number of hydrogen-bond donors (Lipinski definition) is 2. The summed E-state index contributed by atoms with van der Waals surface area (Å²) >= 11 is 0. The van der Waals surface area contributed by atoms with Gasteiger partial charge in [0.25, 0.3) is 5.91 Å². The minimum absolute atomic E-state index is 0.00222. The number of carbonyl (C=O) groups is 1. The molecule has 3 N–H and O–H groups in total. The molecule has 0 aliphatic heterocycles. The number of nitriles is 1. The maximum absolute atomic E-state index is 12.7. The molecule has 164 valence electrons. The van der Waals surface area contributed by atoms with Crippen LogP contribution in [0.5, 0.6) is 0 Å². The molecule has 7 nitrogen and oxygen atoms in total. The van der Waals surface area contributed by atoms with Crippen molar-refractivity contribution in [3.8, 4) is 11.8 Å². The van der Waals surface area contributed by atoms with Crippen molar-refractivity contribution in [1.82, 2.24) is 9.88 Å². The van der Waals surface area contributed by atoms with E-state index in [1.165, 1.54) is 12.1 Å². The van der Waals surface area contributed by atoms with Gasteiger partial charge in [0.15, 0.2) is 0 Å². The maximum Gasteiger partial charge on any atom is 0.262 e. The summed E-state index contributed by atoms with van der Waals surface area (Å²) in [5.41, 5.74) is 4.08. The fourth-order valence-corrected chi connectivity index (χ4v) is 4.03. The van der Waals surface area contributed by atoms with Gasteiger partial charge in [-0.3, -0.25) is 4.79 Å². The zero-order chi connectivity index (χ0) is 23.5. The van der Waals surface area contributed by atoms with Crippen LogP contribution in [0.15, 0.2) is 71.1 Å². The molecule has 0 bridgehead atoms. The minimum Gasteiger partial charge on any atom is -0.345 e. The minimum atomic E-state index is -3.78. The number of carbonyl (C=O) groups excluding carboxylic acids is 1. The van der Waals surface area contributed by atoms with Crippen LogP contribution in [0.25, 0.3) is 11.8 Å². The number of nitrogens with two attached hydrogens (primary N) is 1. The molecular weight excluding hydrogens is 424 g/mol. The van der Waals surface area contributed by atoms with E-state index in [9.17, 15) is 18.5 Å². The van der Waals surface area contributed by atoms with Crippen LogP contribution in [0.1, 0.15) is 35.5 Å². The molecule has 0 saturated heterocycles. The van der Waals surface area contributed by atoms with Gasteiger partial charge in [0.05, 0.1) is 10.9 Å². The second-order valence-electron chi connectivity index (χ2n) is 7.48. The maximum atomic E-state index is 12.7. The van der Waals surface area contributed by atoms with Crippen molar-refractivity contribution in [2.45, 2.75) is 31.7 Å². The van der Waals surface area contributed by atoms with Crippen LogP contribution in [-0.2, 0) is 14.8 Å². The van der Waals surface area contributed by atoms with Gasteiger partial charge < -0.3 is 9.88 Å². The Morgan fingerprint density at radius 1 is 1.12 bits per heavy atom. The number of nitrogens with one attached hydrogen (secondary N) is 1. The van der Waals surface area contributed by atoms with Crippen molar-refractivity contribution in [3.63, 3.8) is 0 Å². The number of amides is 1.